The van der Waals surface area contributed by atoms with Crippen LogP contribution in [-0.4, -0.2) is 18.7 Å². The van der Waals surface area contributed by atoms with Crippen molar-refractivity contribution in [1.82, 2.24) is 4.98 Å². The van der Waals surface area contributed by atoms with Gasteiger partial charge in [-0.1, -0.05) is 18.2 Å². The molecule has 0 saturated heterocycles. The van der Waals surface area contributed by atoms with Gasteiger partial charge in [0.05, 0.1) is 28.8 Å². The Balaban J connectivity index is 1.87. The van der Waals surface area contributed by atoms with Crippen LogP contribution < -0.4 is 9.47 Å². The molecule has 3 aromatic rings. The number of methoxy groups -OCH3 is 1. The van der Waals surface area contributed by atoms with Crippen LogP contribution in [0.5, 0.6) is 11.5 Å². The first kappa shape index (κ1) is 17.3. The second kappa shape index (κ2) is 8.06. The summed E-state index contributed by atoms with van der Waals surface area (Å²) in [7, 11) is 1.61. The minimum Gasteiger partial charge on any atom is -0.493 e. The lowest BCUT2D eigenvalue weighted by Gasteiger charge is -2.09. The van der Waals surface area contributed by atoms with Gasteiger partial charge in [0, 0.05) is 0 Å². The summed E-state index contributed by atoms with van der Waals surface area (Å²) in [6, 6.07) is 15.8. The van der Waals surface area contributed by atoms with E-state index in [0.717, 1.165) is 20.1 Å². The molecular formula is C19H16N2O2S2. The zero-order chi connectivity index (χ0) is 17.6. The summed E-state index contributed by atoms with van der Waals surface area (Å²) in [5, 5.41) is 9.48. The van der Waals surface area contributed by atoms with Crippen molar-refractivity contribution in [2.24, 2.45) is 0 Å². The number of benzene rings is 2. The number of allylic oxidation sites excluding steroid dienone is 1. The van der Waals surface area contributed by atoms with Crippen molar-refractivity contribution in [3.63, 3.8) is 0 Å². The third-order valence-electron chi connectivity index (χ3n) is 3.37. The highest BCUT2D eigenvalue weighted by molar-refractivity contribution is 8.05. The monoisotopic (exact) mass is 368 g/mol. The molecule has 0 N–H and O–H groups in total. The summed E-state index contributed by atoms with van der Waals surface area (Å²) in [5.41, 5.74) is 1.84. The van der Waals surface area contributed by atoms with Crippen LogP contribution in [-0.2, 0) is 0 Å². The largest absolute Gasteiger partial charge is 0.493 e. The van der Waals surface area contributed by atoms with E-state index in [1.54, 1.807) is 18.4 Å². The average molecular weight is 368 g/mol. The fourth-order valence-corrected chi connectivity index (χ4v) is 4.25. The minimum absolute atomic E-state index is 0.551. The highest BCUT2D eigenvalue weighted by Crippen LogP contribution is 2.35. The summed E-state index contributed by atoms with van der Waals surface area (Å²) in [6.07, 6.45) is 1.83. The van der Waals surface area contributed by atoms with Gasteiger partial charge in [0.25, 0.3) is 0 Å². The highest BCUT2D eigenvalue weighted by atomic mass is 32.2. The van der Waals surface area contributed by atoms with Gasteiger partial charge in [-0.15, -0.1) is 11.3 Å². The molecule has 1 aromatic heterocycles. The number of nitriles is 1. The normalized spacial score (nSPS) is 11.3. The number of nitrogens with zero attached hydrogens (tertiary/aromatic N) is 2. The zero-order valence-corrected chi connectivity index (χ0v) is 15.5. The first-order chi connectivity index (χ1) is 12.2. The number of hydrogen-bond donors (Lipinski definition) is 0. The fraction of sp³-hybridized carbons (Fsp3) is 0.158. The molecule has 0 fully saturated rings. The first-order valence-electron chi connectivity index (χ1n) is 7.69. The molecule has 0 amide bonds. The number of thiazole rings is 1. The molecule has 0 spiro atoms. The van der Waals surface area contributed by atoms with Gasteiger partial charge in [0.2, 0.25) is 0 Å². The number of rotatable bonds is 6. The van der Waals surface area contributed by atoms with Crippen LogP contribution in [0.25, 0.3) is 16.3 Å². The van der Waals surface area contributed by atoms with Gasteiger partial charge in [-0.3, -0.25) is 0 Å². The summed E-state index contributed by atoms with van der Waals surface area (Å²) < 4.78 is 12.8. The molecule has 0 aliphatic carbocycles. The number of para-hydroxylation sites is 1. The van der Waals surface area contributed by atoms with E-state index in [4.69, 9.17) is 9.47 Å². The lowest BCUT2D eigenvalue weighted by molar-refractivity contribution is 0.311. The van der Waals surface area contributed by atoms with Crippen LogP contribution in [0.3, 0.4) is 0 Å². The Hall–Kier alpha value is -2.49. The van der Waals surface area contributed by atoms with E-state index in [-0.39, 0.29) is 0 Å². The molecule has 0 atom stereocenters. The Morgan fingerprint density at radius 1 is 1.28 bits per heavy atom. The number of thioether (sulfide) groups is 1. The van der Waals surface area contributed by atoms with Crippen molar-refractivity contribution >= 4 is 39.4 Å². The Morgan fingerprint density at radius 2 is 2.12 bits per heavy atom. The van der Waals surface area contributed by atoms with Crippen LogP contribution in [0.15, 0.2) is 51.7 Å². The van der Waals surface area contributed by atoms with Crippen LogP contribution in [0.4, 0.5) is 0 Å². The molecule has 4 nitrogen and oxygen atoms in total. The molecule has 0 aliphatic rings. The van der Waals surface area contributed by atoms with Gasteiger partial charge in [-0.25, -0.2) is 4.98 Å². The third-order valence-corrected chi connectivity index (χ3v) is 5.39. The predicted octanol–water partition coefficient (Wildman–Crippen LogP) is 5.36. The summed E-state index contributed by atoms with van der Waals surface area (Å²) >= 11 is 2.96. The van der Waals surface area contributed by atoms with Gasteiger partial charge in [0.1, 0.15) is 6.07 Å². The molecule has 0 saturated carbocycles. The SMILES string of the molecule is CCOc1cc(/C=C(\C#N)Sc2nc3ccccc3s2)ccc1OC. The van der Waals surface area contributed by atoms with Crippen LogP contribution in [0, 0.1) is 11.3 Å². The van der Waals surface area contributed by atoms with Gasteiger partial charge >= 0.3 is 0 Å². The lowest BCUT2D eigenvalue weighted by Crippen LogP contribution is -1.95. The Bertz CT molecular complexity index is 924. The molecule has 0 unspecified atom stereocenters. The molecule has 6 heteroatoms. The topological polar surface area (TPSA) is 55.1 Å². The van der Waals surface area contributed by atoms with Crippen molar-refractivity contribution in [3.05, 3.63) is 52.9 Å². The van der Waals surface area contributed by atoms with Crippen LogP contribution >= 0.6 is 23.1 Å². The zero-order valence-electron chi connectivity index (χ0n) is 13.9. The quantitative estimate of drug-likeness (QED) is 0.433. The Labute approximate surface area is 154 Å². The maximum absolute atomic E-state index is 9.48. The smallest absolute Gasteiger partial charge is 0.161 e. The minimum atomic E-state index is 0.551. The van der Waals surface area contributed by atoms with E-state index < -0.39 is 0 Å². The summed E-state index contributed by atoms with van der Waals surface area (Å²) in [5.74, 6) is 1.34. The number of fused-ring (bicyclic) bond motifs is 1. The van der Waals surface area contributed by atoms with Crippen LogP contribution in [0.1, 0.15) is 12.5 Å². The van der Waals surface area contributed by atoms with E-state index in [2.05, 4.69) is 11.1 Å². The second-order valence-corrected chi connectivity index (χ2v) is 7.33. The van der Waals surface area contributed by atoms with Gasteiger partial charge in [-0.05, 0) is 54.6 Å². The van der Waals surface area contributed by atoms with E-state index in [0.29, 0.717) is 23.0 Å². The van der Waals surface area contributed by atoms with Crippen molar-refractivity contribution in [2.45, 2.75) is 11.3 Å². The molecule has 1 heterocycles. The molecule has 25 heavy (non-hydrogen) atoms. The van der Waals surface area contributed by atoms with E-state index in [9.17, 15) is 5.26 Å². The first-order valence-corrected chi connectivity index (χ1v) is 9.33. The molecule has 0 radical (unpaired) electrons. The Kier molecular flexibility index (Phi) is 5.59. The van der Waals surface area contributed by atoms with Gasteiger partial charge in [0.15, 0.2) is 15.8 Å². The van der Waals surface area contributed by atoms with Crippen molar-refractivity contribution in [3.8, 4) is 17.6 Å². The predicted molar refractivity (Wildman–Crippen MR) is 103 cm³/mol. The number of ether oxygens (including phenoxy) is 2. The fourth-order valence-electron chi connectivity index (χ4n) is 2.28. The highest BCUT2D eigenvalue weighted by Gasteiger charge is 2.09. The van der Waals surface area contributed by atoms with Crippen molar-refractivity contribution < 1.29 is 9.47 Å². The average Bonchev–Trinajstić information content (AvgIpc) is 3.04. The van der Waals surface area contributed by atoms with Crippen molar-refractivity contribution in [1.29, 1.82) is 5.26 Å². The Morgan fingerprint density at radius 3 is 2.84 bits per heavy atom. The van der Waals surface area contributed by atoms with E-state index in [1.807, 2.05) is 55.5 Å². The summed E-state index contributed by atoms with van der Waals surface area (Å²) in [6.45, 7) is 2.47. The molecule has 2 aromatic carbocycles. The summed E-state index contributed by atoms with van der Waals surface area (Å²) in [4.78, 5) is 5.14. The third kappa shape index (κ3) is 4.13. The lowest BCUT2D eigenvalue weighted by atomic mass is 10.2. The maximum atomic E-state index is 9.48. The molecule has 126 valence electrons. The van der Waals surface area contributed by atoms with E-state index in [1.165, 1.54) is 11.8 Å². The number of aromatic nitrogens is 1. The maximum Gasteiger partial charge on any atom is 0.161 e. The molecular weight excluding hydrogens is 352 g/mol. The van der Waals surface area contributed by atoms with Gasteiger partial charge in [-0.2, -0.15) is 5.26 Å². The van der Waals surface area contributed by atoms with Gasteiger partial charge < -0.3 is 9.47 Å². The van der Waals surface area contributed by atoms with E-state index >= 15 is 0 Å². The standard InChI is InChI=1S/C19H16N2O2S2/c1-3-23-17-11-13(8-9-16(17)22-2)10-14(12-20)24-19-21-15-6-4-5-7-18(15)25-19/h4-11H,3H2,1-2H3/b14-10+. The molecule has 0 aliphatic heterocycles. The number of hydrogen-bond acceptors (Lipinski definition) is 6. The van der Waals surface area contributed by atoms with Crippen molar-refractivity contribution in [2.75, 3.05) is 13.7 Å². The molecule has 0 bridgehead atoms. The second-order valence-electron chi connectivity index (χ2n) is 5.01. The molecule has 3 rings (SSSR count). The van der Waals surface area contributed by atoms with Crippen LogP contribution in [0.2, 0.25) is 0 Å².